The van der Waals surface area contributed by atoms with Crippen LogP contribution in [0.3, 0.4) is 0 Å². The lowest BCUT2D eigenvalue weighted by atomic mass is 9.64. The number of ether oxygens (including phenoxy) is 1. The molecule has 2 aromatic rings. The molecular formula is C31H40ClFN4O6S. The zero-order valence-electron chi connectivity index (χ0n) is 24.7. The van der Waals surface area contributed by atoms with Crippen LogP contribution in [0.1, 0.15) is 56.1 Å². The summed E-state index contributed by atoms with van der Waals surface area (Å²) in [6, 6.07) is 10.00. The third kappa shape index (κ3) is 7.04. The molecule has 3 aliphatic rings. The van der Waals surface area contributed by atoms with Crippen LogP contribution in [0, 0.1) is 5.82 Å². The highest BCUT2D eigenvalue weighted by Crippen LogP contribution is 2.44. The molecule has 13 heteroatoms. The molecule has 5 rings (SSSR count). The van der Waals surface area contributed by atoms with Gasteiger partial charge in [-0.25, -0.2) is 17.6 Å². The van der Waals surface area contributed by atoms with Crippen molar-refractivity contribution in [3.8, 4) is 0 Å². The molecule has 44 heavy (non-hydrogen) atoms. The van der Waals surface area contributed by atoms with E-state index in [1.54, 1.807) is 29.6 Å². The van der Waals surface area contributed by atoms with Crippen molar-refractivity contribution in [3.05, 3.63) is 64.4 Å². The summed E-state index contributed by atoms with van der Waals surface area (Å²) in [5, 5.41) is 19.1. The first-order valence-corrected chi connectivity index (χ1v) is 17.1. The van der Waals surface area contributed by atoms with Crippen LogP contribution < -0.4 is 16.0 Å². The number of hydrogen-bond donors (Lipinski definition) is 4. The fourth-order valence-corrected chi connectivity index (χ4v) is 9.07. The Labute approximate surface area is 262 Å². The third-order valence-electron chi connectivity index (χ3n) is 9.53. The fraction of sp³-hybridized carbons (Fsp3) is 0.548. The van der Waals surface area contributed by atoms with E-state index in [0.29, 0.717) is 56.6 Å². The monoisotopic (exact) mass is 650 g/mol. The third-order valence-corrected chi connectivity index (χ3v) is 11.7. The molecular weight excluding hydrogens is 611 g/mol. The van der Waals surface area contributed by atoms with E-state index in [4.69, 9.17) is 16.3 Å². The number of nitrogens with zero attached hydrogens (tertiary/aromatic N) is 1. The van der Waals surface area contributed by atoms with E-state index in [1.165, 1.54) is 12.1 Å². The van der Waals surface area contributed by atoms with Crippen LogP contribution in [0.25, 0.3) is 0 Å². The zero-order chi connectivity index (χ0) is 31.5. The van der Waals surface area contributed by atoms with E-state index in [0.717, 1.165) is 12.0 Å². The maximum atomic E-state index is 15.3. The lowest BCUT2D eigenvalue weighted by Crippen LogP contribution is -2.58. The van der Waals surface area contributed by atoms with Crippen LogP contribution in [-0.4, -0.2) is 80.0 Å². The van der Waals surface area contributed by atoms with E-state index in [2.05, 4.69) is 16.0 Å². The van der Waals surface area contributed by atoms with Crippen LogP contribution in [0.15, 0.2) is 42.5 Å². The molecule has 240 valence electrons. The topological polar surface area (TPSA) is 137 Å². The molecule has 4 atom stereocenters. The van der Waals surface area contributed by atoms with Crippen LogP contribution in [0.2, 0.25) is 5.02 Å². The second-order valence-electron chi connectivity index (χ2n) is 12.1. The van der Waals surface area contributed by atoms with Crippen molar-refractivity contribution in [2.75, 3.05) is 31.3 Å². The van der Waals surface area contributed by atoms with Crippen LogP contribution in [0.4, 0.5) is 14.9 Å². The number of anilines is 1. The summed E-state index contributed by atoms with van der Waals surface area (Å²) in [4.78, 5) is 26.1. The molecule has 4 N–H and O–H groups in total. The van der Waals surface area contributed by atoms with Crippen molar-refractivity contribution >= 4 is 39.3 Å². The standard InChI is InChI=1S/C31H40ClFN4O6S/c1-43-24-13-15-31(16-14-24,20-7-9-21(32)10-8-20)28(36-30(39)40)29(38)35-27-6-2-5-26(33)25(27)12-11-23-18-34-22-4-3-17-44(41,42)37(23)19-22/h2,5-10,22-24,28,34,36H,3-4,11-19H2,1H3,(H,35,38)(H,39,40)/t22-,23+,24-,28-,31-/m1/s1. The second-order valence-corrected chi connectivity index (χ2v) is 14.5. The van der Waals surface area contributed by atoms with Crippen molar-refractivity contribution in [2.24, 2.45) is 0 Å². The van der Waals surface area contributed by atoms with Crippen LogP contribution in [0.5, 0.6) is 0 Å². The van der Waals surface area contributed by atoms with Gasteiger partial charge in [0.1, 0.15) is 11.9 Å². The van der Waals surface area contributed by atoms with Crippen molar-refractivity contribution in [1.82, 2.24) is 14.9 Å². The number of piperazine rings is 1. The van der Waals surface area contributed by atoms with Gasteiger partial charge < -0.3 is 25.8 Å². The molecule has 2 heterocycles. The van der Waals surface area contributed by atoms with E-state index in [-0.39, 0.29) is 41.6 Å². The first kappa shape index (κ1) is 32.6. The minimum absolute atomic E-state index is 0.0173. The summed E-state index contributed by atoms with van der Waals surface area (Å²) in [6.07, 6.45) is 2.74. The predicted molar refractivity (Wildman–Crippen MR) is 166 cm³/mol. The number of benzene rings is 2. The molecule has 0 spiro atoms. The van der Waals surface area contributed by atoms with E-state index >= 15 is 4.39 Å². The zero-order valence-corrected chi connectivity index (χ0v) is 26.3. The molecule has 3 fully saturated rings. The number of carbonyl (C=O) groups is 2. The smallest absolute Gasteiger partial charge is 0.405 e. The summed E-state index contributed by atoms with van der Waals surface area (Å²) < 4.78 is 48.3. The number of nitrogens with one attached hydrogen (secondary N) is 3. The first-order valence-electron chi connectivity index (χ1n) is 15.1. The van der Waals surface area contributed by atoms with Gasteiger partial charge in [0, 0.05) is 54.0 Å². The highest BCUT2D eigenvalue weighted by Gasteiger charge is 2.48. The van der Waals surface area contributed by atoms with Crippen molar-refractivity contribution in [2.45, 2.75) is 81.0 Å². The van der Waals surface area contributed by atoms with Gasteiger partial charge in [-0.05, 0) is 81.2 Å². The maximum Gasteiger partial charge on any atom is 0.405 e. The Kier molecular flexibility index (Phi) is 10.2. The van der Waals surface area contributed by atoms with Gasteiger partial charge in [-0.1, -0.05) is 29.8 Å². The number of hydrogen-bond acceptors (Lipinski definition) is 6. The SMILES string of the molecule is CO[C@H]1CC[C@](c2ccc(Cl)cc2)([C@H](NC(=O)O)C(=O)Nc2cccc(F)c2CC[C@H]2CN[C@@H]3CCCS(=O)(=O)N2C3)CC1. The van der Waals surface area contributed by atoms with Gasteiger partial charge in [-0.15, -0.1) is 0 Å². The van der Waals surface area contributed by atoms with Gasteiger partial charge in [0.2, 0.25) is 15.9 Å². The lowest BCUT2D eigenvalue weighted by molar-refractivity contribution is -0.120. The van der Waals surface area contributed by atoms with Gasteiger partial charge in [0.05, 0.1) is 11.9 Å². The molecule has 1 saturated carbocycles. The summed E-state index contributed by atoms with van der Waals surface area (Å²) in [5.41, 5.74) is 0.338. The Balaban J connectivity index is 1.41. The molecule has 2 saturated heterocycles. The minimum Gasteiger partial charge on any atom is -0.465 e. The van der Waals surface area contributed by atoms with E-state index in [9.17, 15) is 23.1 Å². The minimum atomic E-state index is -3.41. The summed E-state index contributed by atoms with van der Waals surface area (Å²) in [7, 11) is -1.78. The largest absolute Gasteiger partial charge is 0.465 e. The Morgan fingerprint density at radius 3 is 2.59 bits per heavy atom. The van der Waals surface area contributed by atoms with Crippen LogP contribution in [-0.2, 0) is 31.4 Å². The van der Waals surface area contributed by atoms with Crippen molar-refractivity contribution < 1.29 is 32.2 Å². The Bertz CT molecular complexity index is 1450. The van der Waals surface area contributed by atoms with Gasteiger partial charge in [0.15, 0.2) is 0 Å². The van der Waals surface area contributed by atoms with Crippen LogP contribution >= 0.6 is 11.6 Å². The number of halogens is 2. The van der Waals surface area contributed by atoms with Crippen molar-refractivity contribution in [3.63, 3.8) is 0 Å². The highest BCUT2D eigenvalue weighted by molar-refractivity contribution is 7.89. The molecule has 1 aliphatic carbocycles. The number of rotatable bonds is 9. The molecule has 2 bridgehead atoms. The lowest BCUT2D eigenvalue weighted by Gasteiger charge is -2.45. The van der Waals surface area contributed by atoms with Gasteiger partial charge in [0.25, 0.3) is 0 Å². The summed E-state index contributed by atoms with van der Waals surface area (Å²) in [5.74, 6) is -1.04. The number of methoxy groups -OCH3 is 1. The first-order chi connectivity index (χ1) is 21.0. The summed E-state index contributed by atoms with van der Waals surface area (Å²) >= 11 is 6.16. The molecule has 0 radical (unpaired) electrons. The second kappa shape index (κ2) is 13.7. The van der Waals surface area contributed by atoms with Gasteiger partial charge in [-0.2, -0.15) is 4.31 Å². The Hall–Kier alpha value is -2.77. The Morgan fingerprint density at radius 1 is 1.18 bits per heavy atom. The number of amides is 2. The van der Waals surface area contributed by atoms with Gasteiger partial charge in [-0.3, -0.25) is 4.79 Å². The van der Waals surface area contributed by atoms with Crippen molar-refractivity contribution in [1.29, 1.82) is 0 Å². The highest BCUT2D eigenvalue weighted by atomic mass is 35.5. The number of carboxylic acid groups (broad SMARTS) is 1. The maximum absolute atomic E-state index is 15.3. The number of fused-ring (bicyclic) bond motifs is 2. The molecule has 2 aromatic carbocycles. The molecule has 2 aliphatic heterocycles. The predicted octanol–water partition coefficient (Wildman–Crippen LogP) is 4.28. The fourth-order valence-electron chi connectivity index (χ4n) is 7.14. The quantitative estimate of drug-likeness (QED) is 0.318. The van der Waals surface area contributed by atoms with Gasteiger partial charge >= 0.3 is 6.09 Å². The van der Waals surface area contributed by atoms with E-state index in [1.807, 2.05) is 12.1 Å². The number of sulfonamides is 1. The molecule has 0 aromatic heterocycles. The molecule has 2 amide bonds. The number of carbonyl (C=O) groups excluding carboxylic acids is 1. The Morgan fingerprint density at radius 2 is 1.91 bits per heavy atom. The molecule has 1 unspecified atom stereocenters. The average molecular weight is 651 g/mol. The summed E-state index contributed by atoms with van der Waals surface area (Å²) in [6.45, 7) is 0.865. The molecule has 10 nitrogen and oxygen atoms in total. The van der Waals surface area contributed by atoms with E-state index < -0.39 is 39.3 Å². The normalized spacial score (nSPS) is 28.8. The average Bonchev–Trinajstić information content (AvgIpc) is 3.11.